The second-order valence-corrected chi connectivity index (χ2v) is 16.9. The molecule has 0 rings (SSSR count). The molecule has 0 bridgehead atoms. The Morgan fingerprint density at radius 1 is 0.500 bits per heavy atom. The van der Waals surface area contributed by atoms with Gasteiger partial charge in [-0.1, -0.05) is 193 Å². The van der Waals surface area contributed by atoms with E-state index < -0.39 is 18.2 Å². The number of carbonyl (C=O) groups is 2. The standard InChI is InChI=1S/C50H95NO5/c1-4-7-10-13-16-19-21-23-24-26-27-30-32-35-38-41-46(56-50(55)43-40-37-34-31-28-25-22-20-17-14-11-8-5-2)44-49(54)51-47(45-52)48(53)42-39-36-33-29-18-15-12-9-6-3/h23-25,28,46-48,52-53H,4-22,26-27,29-45H2,1-3H3,(H,51,54)/b24-23+,28-25-. The number of esters is 1. The molecule has 0 aromatic rings. The highest BCUT2D eigenvalue weighted by molar-refractivity contribution is 5.77. The largest absolute Gasteiger partial charge is 0.462 e. The third-order valence-electron chi connectivity index (χ3n) is 11.3. The van der Waals surface area contributed by atoms with E-state index >= 15 is 0 Å². The van der Waals surface area contributed by atoms with Crippen LogP contribution in [0.2, 0.25) is 0 Å². The SMILES string of the molecule is CCCCCCCC/C=C\CCCCCC(=O)OC(CCCCCCC/C=C/CCCCCCCC)CC(=O)NC(CO)C(O)CCCCCCCCCCC. The molecule has 0 saturated carbocycles. The molecule has 0 aromatic carbocycles. The molecule has 0 aromatic heterocycles. The fraction of sp³-hybridized carbons (Fsp3) is 0.880. The van der Waals surface area contributed by atoms with Gasteiger partial charge in [0.25, 0.3) is 0 Å². The summed E-state index contributed by atoms with van der Waals surface area (Å²) in [5.41, 5.74) is 0. The lowest BCUT2D eigenvalue weighted by atomic mass is 10.0. The van der Waals surface area contributed by atoms with Gasteiger partial charge < -0.3 is 20.3 Å². The van der Waals surface area contributed by atoms with Crippen molar-refractivity contribution < 1.29 is 24.5 Å². The van der Waals surface area contributed by atoms with Crippen molar-refractivity contribution in [3.05, 3.63) is 24.3 Å². The van der Waals surface area contributed by atoms with E-state index in [-0.39, 0.29) is 24.9 Å². The molecule has 6 heteroatoms. The van der Waals surface area contributed by atoms with E-state index in [1.807, 2.05) is 0 Å². The first-order valence-electron chi connectivity index (χ1n) is 24.6. The average molecular weight is 790 g/mol. The topological polar surface area (TPSA) is 95.9 Å². The maximum atomic E-state index is 13.1. The number of amides is 1. The lowest BCUT2D eigenvalue weighted by Crippen LogP contribution is -2.46. The number of unbranched alkanes of at least 4 members (excludes halogenated alkanes) is 28. The summed E-state index contributed by atoms with van der Waals surface area (Å²) in [6, 6.07) is -0.701. The van der Waals surface area contributed by atoms with Crippen molar-refractivity contribution in [1.82, 2.24) is 5.32 Å². The summed E-state index contributed by atoms with van der Waals surface area (Å²) < 4.78 is 5.91. The molecule has 3 N–H and O–H groups in total. The van der Waals surface area contributed by atoms with Gasteiger partial charge in [-0.15, -0.1) is 0 Å². The summed E-state index contributed by atoms with van der Waals surface area (Å²) >= 11 is 0. The smallest absolute Gasteiger partial charge is 0.306 e. The third-order valence-corrected chi connectivity index (χ3v) is 11.3. The molecule has 0 spiro atoms. The van der Waals surface area contributed by atoms with E-state index in [4.69, 9.17) is 4.74 Å². The normalized spacial score (nSPS) is 13.4. The van der Waals surface area contributed by atoms with Crippen molar-refractivity contribution in [1.29, 1.82) is 0 Å². The summed E-state index contributed by atoms with van der Waals surface area (Å²) in [6.45, 7) is 6.45. The maximum Gasteiger partial charge on any atom is 0.306 e. The molecule has 0 aliphatic heterocycles. The number of carbonyl (C=O) groups excluding carboxylic acids is 2. The van der Waals surface area contributed by atoms with Gasteiger partial charge in [0.2, 0.25) is 5.91 Å². The zero-order chi connectivity index (χ0) is 41.0. The van der Waals surface area contributed by atoms with Crippen LogP contribution in [0.1, 0.15) is 258 Å². The van der Waals surface area contributed by atoms with Gasteiger partial charge in [-0.25, -0.2) is 0 Å². The van der Waals surface area contributed by atoms with Crippen LogP contribution in [0.3, 0.4) is 0 Å². The Hall–Kier alpha value is -1.66. The minimum atomic E-state index is -0.787. The molecule has 3 atom stereocenters. The molecule has 0 fully saturated rings. The fourth-order valence-electron chi connectivity index (χ4n) is 7.48. The highest BCUT2D eigenvalue weighted by Gasteiger charge is 2.24. The molecule has 0 heterocycles. The molecule has 1 amide bonds. The molecule has 3 unspecified atom stereocenters. The van der Waals surface area contributed by atoms with Crippen molar-refractivity contribution in [2.24, 2.45) is 0 Å². The van der Waals surface area contributed by atoms with Gasteiger partial charge in [0.15, 0.2) is 0 Å². The van der Waals surface area contributed by atoms with Crippen LogP contribution in [0.5, 0.6) is 0 Å². The fourth-order valence-corrected chi connectivity index (χ4v) is 7.48. The van der Waals surface area contributed by atoms with Crippen molar-refractivity contribution in [2.75, 3.05) is 6.61 Å². The van der Waals surface area contributed by atoms with Crippen molar-refractivity contribution in [2.45, 2.75) is 277 Å². The van der Waals surface area contributed by atoms with Gasteiger partial charge in [0.1, 0.15) is 6.10 Å². The Labute approximate surface area is 348 Å². The van der Waals surface area contributed by atoms with Gasteiger partial charge >= 0.3 is 5.97 Å². The first-order chi connectivity index (χ1) is 27.5. The quantitative estimate of drug-likeness (QED) is 0.0324. The number of allylic oxidation sites excluding steroid dienone is 4. The van der Waals surface area contributed by atoms with Crippen LogP contribution >= 0.6 is 0 Å². The van der Waals surface area contributed by atoms with E-state index in [9.17, 15) is 19.8 Å². The number of ether oxygens (including phenoxy) is 1. The second-order valence-electron chi connectivity index (χ2n) is 16.9. The van der Waals surface area contributed by atoms with Crippen LogP contribution in [0.25, 0.3) is 0 Å². The van der Waals surface area contributed by atoms with E-state index in [0.717, 1.165) is 70.6 Å². The highest BCUT2D eigenvalue weighted by Crippen LogP contribution is 2.17. The summed E-state index contributed by atoms with van der Waals surface area (Å²) in [4.78, 5) is 26.0. The Bertz CT molecular complexity index is 889. The zero-order valence-corrected chi connectivity index (χ0v) is 37.5. The molecule has 0 aliphatic rings. The predicted octanol–water partition coefficient (Wildman–Crippen LogP) is 14.3. The number of nitrogens with one attached hydrogen (secondary N) is 1. The second kappa shape index (κ2) is 44.4. The van der Waals surface area contributed by atoms with Crippen LogP contribution in [0.15, 0.2) is 24.3 Å². The number of hydrogen-bond acceptors (Lipinski definition) is 5. The van der Waals surface area contributed by atoms with Crippen molar-refractivity contribution in [3.63, 3.8) is 0 Å². The van der Waals surface area contributed by atoms with Gasteiger partial charge in [-0.3, -0.25) is 9.59 Å². The highest BCUT2D eigenvalue weighted by atomic mass is 16.5. The number of hydrogen-bond donors (Lipinski definition) is 3. The van der Waals surface area contributed by atoms with Gasteiger partial charge in [-0.05, 0) is 77.0 Å². The van der Waals surface area contributed by atoms with Crippen LogP contribution in [-0.4, -0.2) is 46.9 Å². The minimum Gasteiger partial charge on any atom is -0.462 e. The molecule has 6 nitrogen and oxygen atoms in total. The van der Waals surface area contributed by atoms with Gasteiger partial charge in [0, 0.05) is 6.42 Å². The first-order valence-corrected chi connectivity index (χ1v) is 24.6. The number of rotatable bonds is 44. The molecular formula is C50H95NO5. The minimum absolute atomic E-state index is 0.0692. The van der Waals surface area contributed by atoms with E-state index in [1.165, 1.54) is 141 Å². The average Bonchev–Trinajstić information content (AvgIpc) is 3.19. The van der Waals surface area contributed by atoms with E-state index in [0.29, 0.717) is 19.3 Å². The van der Waals surface area contributed by atoms with Crippen LogP contribution in [-0.2, 0) is 14.3 Å². The molecule has 0 saturated heterocycles. The van der Waals surface area contributed by atoms with Crippen molar-refractivity contribution >= 4 is 11.9 Å². The predicted molar refractivity (Wildman–Crippen MR) is 241 cm³/mol. The van der Waals surface area contributed by atoms with Crippen LogP contribution in [0, 0.1) is 0 Å². The lowest BCUT2D eigenvalue weighted by Gasteiger charge is -2.24. The Morgan fingerprint density at radius 2 is 0.857 bits per heavy atom. The Morgan fingerprint density at radius 3 is 1.27 bits per heavy atom. The maximum absolute atomic E-state index is 13.1. The van der Waals surface area contributed by atoms with Crippen molar-refractivity contribution in [3.8, 4) is 0 Å². The number of aliphatic hydroxyl groups excluding tert-OH is 2. The molecule has 0 aliphatic carbocycles. The van der Waals surface area contributed by atoms with E-state index in [2.05, 4.69) is 50.4 Å². The molecule has 330 valence electrons. The molecule has 56 heavy (non-hydrogen) atoms. The third kappa shape index (κ3) is 39.2. The van der Waals surface area contributed by atoms with Gasteiger partial charge in [0.05, 0.1) is 25.2 Å². The van der Waals surface area contributed by atoms with Crippen LogP contribution in [0.4, 0.5) is 0 Å². The number of aliphatic hydroxyl groups is 2. The summed E-state index contributed by atoms with van der Waals surface area (Å²) in [5.74, 6) is -0.494. The lowest BCUT2D eigenvalue weighted by molar-refractivity contribution is -0.151. The van der Waals surface area contributed by atoms with Gasteiger partial charge in [-0.2, -0.15) is 0 Å². The summed E-state index contributed by atoms with van der Waals surface area (Å²) in [7, 11) is 0. The van der Waals surface area contributed by atoms with E-state index in [1.54, 1.807) is 0 Å². The molecular weight excluding hydrogens is 695 g/mol. The monoisotopic (exact) mass is 790 g/mol. The Kier molecular flexibility index (Phi) is 43.1. The summed E-state index contributed by atoms with van der Waals surface area (Å²) in [6.07, 6.45) is 49.5. The Balaban J connectivity index is 4.61. The first kappa shape index (κ1) is 54.3. The zero-order valence-electron chi connectivity index (χ0n) is 37.5. The van der Waals surface area contributed by atoms with Crippen LogP contribution < -0.4 is 5.32 Å². The summed E-state index contributed by atoms with van der Waals surface area (Å²) in [5, 5.41) is 23.6. The molecule has 0 radical (unpaired) electrons.